The van der Waals surface area contributed by atoms with Crippen LogP contribution in [-0.2, 0) is 6.42 Å². The van der Waals surface area contributed by atoms with Crippen LogP contribution in [0.1, 0.15) is 17.2 Å². The highest BCUT2D eigenvalue weighted by Crippen LogP contribution is 2.30. The van der Waals surface area contributed by atoms with Crippen molar-refractivity contribution in [3.05, 3.63) is 68.9 Å². The van der Waals surface area contributed by atoms with Crippen molar-refractivity contribution in [1.82, 2.24) is 5.32 Å². The van der Waals surface area contributed by atoms with E-state index in [1.54, 1.807) is 6.07 Å². The van der Waals surface area contributed by atoms with E-state index in [-0.39, 0.29) is 11.9 Å². The van der Waals surface area contributed by atoms with E-state index in [2.05, 4.69) is 21.2 Å². The van der Waals surface area contributed by atoms with Crippen LogP contribution in [0.2, 0.25) is 5.02 Å². The lowest BCUT2D eigenvalue weighted by atomic mass is 9.98. The molecule has 0 saturated carbocycles. The van der Waals surface area contributed by atoms with Gasteiger partial charge in [-0.05, 0) is 37.2 Å². The van der Waals surface area contributed by atoms with Gasteiger partial charge >= 0.3 is 0 Å². The van der Waals surface area contributed by atoms with Gasteiger partial charge in [-0.3, -0.25) is 0 Å². The maximum atomic E-state index is 14.0. The van der Waals surface area contributed by atoms with E-state index < -0.39 is 0 Å². The fourth-order valence-corrected chi connectivity index (χ4v) is 2.91. The van der Waals surface area contributed by atoms with Crippen molar-refractivity contribution in [3.63, 3.8) is 0 Å². The van der Waals surface area contributed by atoms with Crippen LogP contribution in [0, 0.1) is 5.82 Å². The molecule has 2 rings (SSSR count). The van der Waals surface area contributed by atoms with Crippen LogP contribution in [0.15, 0.2) is 46.9 Å². The molecule has 0 fully saturated rings. The highest BCUT2D eigenvalue weighted by Gasteiger charge is 2.18. The zero-order valence-electron chi connectivity index (χ0n) is 10.5. The van der Waals surface area contributed by atoms with Gasteiger partial charge < -0.3 is 5.32 Å². The van der Waals surface area contributed by atoms with E-state index >= 15 is 0 Å². The third-order valence-electron chi connectivity index (χ3n) is 3.08. The Morgan fingerprint density at radius 2 is 1.95 bits per heavy atom. The summed E-state index contributed by atoms with van der Waals surface area (Å²) in [6, 6.07) is 12.5. The molecule has 0 bridgehead atoms. The molecule has 4 heteroatoms. The summed E-state index contributed by atoms with van der Waals surface area (Å²) in [5.74, 6) is -0.222. The first kappa shape index (κ1) is 14.5. The summed E-state index contributed by atoms with van der Waals surface area (Å²) in [5.41, 5.74) is 1.63. The van der Waals surface area contributed by atoms with Gasteiger partial charge in [-0.1, -0.05) is 51.8 Å². The second kappa shape index (κ2) is 6.51. The fraction of sp³-hybridized carbons (Fsp3) is 0.200. The molecule has 0 aliphatic carbocycles. The molecule has 0 spiro atoms. The van der Waals surface area contributed by atoms with Crippen molar-refractivity contribution < 1.29 is 4.39 Å². The summed E-state index contributed by atoms with van der Waals surface area (Å²) < 4.78 is 14.8. The van der Waals surface area contributed by atoms with Crippen LogP contribution in [0.3, 0.4) is 0 Å². The number of benzene rings is 2. The first-order valence-corrected chi connectivity index (χ1v) is 7.15. The van der Waals surface area contributed by atoms with E-state index in [4.69, 9.17) is 11.6 Å². The Labute approximate surface area is 125 Å². The zero-order chi connectivity index (χ0) is 13.8. The minimum Gasteiger partial charge on any atom is -0.313 e. The predicted octanol–water partition coefficient (Wildman–Crippen LogP) is 4.74. The second-order valence-electron chi connectivity index (χ2n) is 4.27. The lowest BCUT2D eigenvalue weighted by Crippen LogP contribution is -2.20. The summed E-state index contributed by atoms with van der Waals surface area (Å²) in [6.07, 6.45) is 0.635. The highest BCUT2D eigenvalue weighted by molar-refractivity contribution is 9.10. The van der Waals surface area contributed by atoms with Gasteiger partial charge in [0.05, 0.1) is 0 Å². The quantitative estimate of drug-likeness (QED) is 0.846. The van der Waals surface area contributed by atoms with E-state index in [0.717, 1.165) is 10.0 Å². The smallest absolute Gasteiger partial charge is 0.129 e. The molecule has 2 aromatic rings. The van der Waals surface area contributed by atoms with Crippen molar-refractivity contribution in [3.8, 4) is 0 Å². The molecular weight excluding hydrogens is 329 g/mol. The average molecular weight is 343 g/mol. The van der Waals surface area contributed by atoms with E-state index in [9.17, 15) is 4.39 Å². The number of hydrogen-bond donors (Lipinski definition) is 1. The normalized spacial score (nSPS) is 12.4. The minimum absolute atomic E-state index is 0.129. The third-order valence-corrected chi connectivity index (χ3v) is 4.14. The molecule has 0 radical (unpaired) electrons. The third kappa shape index (κ3) is 3.35. The van der Waals surface area contributed by atoms with Crippen LogP contribution < -0.4 is 5.32 Å². The Morgan fingerprint density at radius 1 is 1.21 bits per heavy atom. The highest BCUT2D eigenvalue weighted by atomic mass is 79.9. The van der Waals surface area contributed by atoms with Gasteiger partial charge in [0.1, 0.15) is 5.82 Å². The van der Waals surface area contributed by atoms with Crippen LogP contribution in [-0.4, -0.2) is 7.05 Å². The molecule has 0 heterocycles. The Balaban J connectivity index is 2.34. The number of halogens is 3. The molecule has 0 aliphatic rings. The molecule has 100 valence electrons. The molecule has 1 N–H and O–H groups in total. The molecule has 1 unspecified atom stereocenters. The minimum atomic E-state index is -0.222. The van der Waals surface area contributed by atoms with Gasteiger partial charge in [-0.15, -0.1) is 0 Å². The largest absolute Gasteiger partial charge is 0.313 e. The number of rotatable bonds is 4. The first-order chi connectivity index (χ1) is 9.13. The van der Waals surface area contributed by atoms with Gasteiger partial charge in [0, 0.05) is 21.1 Å². The standard InChI is InChI=1S/C15H14BrClFN/c1-19-14(9-10-5-2-3-7-12(10)17)15-11(16)6-4-8-13(15)18/h2-8,14,19H,9H2,1H3. The van der Waals surface area contributed by atoms with Gasteiger partial charge in [0.15, 0.2) is 0 Å². The monoisotopic (exact) mass is 341 g/mol. The summed E-state index contributed by atoms with van der Waals surface area (Å²) in [6.45, 7) is 0. The van der Waals surface area contributed by atoms with E-state index in [0.29, 0.717) is 17.0 Å². The number of hydrogen-bond acceptors (Lipinski definition) is 1. The molecule has 0 aromatic heterocycles. The Bertz CT molecular complexity index is 554. The number of likely N-dealkylation sites (N-methyl/N-ethyl adjacent to an activating group) is 1. The lowest BCUT2D eigenvalue weighted by molar-refractivity contribution is 0.531. The van der Waals surface area contributed by atoms with Gasteiger partial charge in [0.2, 0.25) is 0 Å². The van der Waals surface area contributed by atoms with E-state index in [1.807, 2.05) is 37.4 Å². The Morgan fingerprint density at radius 3 is 2.58 bits per heavy atom. The van der Waals surface area contributed by atoms with Crippen molar-refractivity contribution in [2.75, 3.05) is 7.05 Å². The molecule has 2 aromatic carbocycles. The van der Waals surface area contributed by atoms with Gasteiger partial charge in [-0.25, -0.2) is 4.39 Å². The summed E-state index contributed by atoms with van der Waals surface area (Å²) in [7, 11) is 1.82. The topological polar surface area (TPSA) is 12.0 Å². The molecule has 0 amide bonds. The zero-order valence-corrected chi connectivity index (χ0v) is 12.8. The summed E-state index contributed by atoms with van der Waals surface area (Å²) >= 11 is 9.57. The molecule has 0 aliphatic heterocycles. The van der Waals surface area contributed by atoms with Crippen molar-refractivity contribution in [1.29, 1.82) is 0 Å². The molecule has 19 heavy (non-hydrogen) atoms. The van der Waals surface area contributed by atoms with Crippen LogP contribution in [0.4, 0.5) is 4.39 Å². The first-order valence-electron chi connectivity index (χ1n) is 5.98. The summed E-state index contributed by atoms with van der Waals surface area (Å²) in [5, 5.41) is 3.85. The maximum absolute atomic E-state index is 14.0. The average Bonchev–Trinajstić information content (AvgIpc) is 2.39. The van der Waals surface area contributed by atoms with Crippen molar-refractivity contribution >= 4 is 27.5 Å². The Kier molecular flexibility index (Phi) is 4.97. The molecule has 1 nitrogen and oxygen atoms in total. The van der Waals surface area contributed by atoms with E-state index in [1.165, 1.54) is 6.07 Å². The second-order valence-corrected chi connectivity index (χ2v) is 5.53. The van der Waals surface area contributed by atoms with Crippen molar-refractivity contribution in [2.24, 2.45) is 0 Å². The van der Waals surface area contributed by atoms with Gasteiger partial charge in [-0.2, -0.15) is 0 Å². The molecule has 0 saturated heterocycles. The SMILES string of the molecule is CNC(Cc1ccccc1Cl)c1c(F)cccc1Br. The lowest BCUT2D eigenvalue weighted by Gasteiger charge is -2.19. The number of nitrogens with one attached hydrogen (secondary N) is 1. The summed E-state index contributed by atoms with van der Waals surface area (Å²) in [4.78, 5) is 0. The predicted molar refractivity (Wildman–Crippen MR) is 81.1 cm³/mol. The van der Waals surface area contributed by atoms with Crippen LogP contribution >= 0.6 is 27.5 Å². The Hall–Kier alpha value is -0.900. The molecule has 1 atom stereocenters. The van der Waals surface area contributed by atoms with Crippen LogP contribution in [0.5, 0.6) is 0 Å². The molecular formula is C15H14BrClFN. The van der Waals surface area contributed by atoms with Crippen LogP contribution in [0.25, 0.3) is 0 Å². The van der Waals surface area contributed by atoms with Gasteiger partial charge in [0.25, 0.3) is 0 Å². The van der Waals surface area contributed by atoms with Crippen molar-refractivity contribution in [2.45, 2.75) is 12.5 Å². The maximum Gasteiger partial charge on any atom is 0.129 e. The fourth-order valence-electron chi connectivity index (χ4n) is 2.08.